The largest absolute Gasteiger partial charge is 0.319 e. The van der Waals surface area contributed by atoms with Gasteiger partial charge in [-0.25, -0.2) is 4.98 Å². The molecule has 0 spiro atoms. The summed E-state index contributed by atoms with van der Waals surface area (Å²) in [6.07, 6.45) is 2.68. The Bertz CT molecular complexity index is 348. The van der Waals surface area contributed by atoms with Gasteiger partial charge in [-0.3, -0.25) is 4.90 Å². The fourth-order valence-corrected chi connectivity index (χ4v) is 3.36. The lowest BCUT2D eigenvalue weighted by Gasteiger charge is -2.36. The lowest BCUT2D eigenvalue weighted by atomic mass is 9.96. The number of nitrogens with zero attached hydrogens (tertiary/aromatic N) is 2. The molecule has 0 saturated carbocycles. The Kier molecular flexibility index (Phi) is 4.54. The minimum absolute atomic E-state index is 0.472. The third kappa shape index (κ3) is 3.27. The Morgan fingerprint density at radius 1 is 1.65 bits per heavy atom. The van der Waals surface area contributed by atoms with E-state index in [1.165, 1.54) is 36.6 Å². The van der Waals surface area contributed by atoms with Gasteiger partial charge in [-0.15, -0.1) is 11.3 Å². The van der Waals surface area contributed by atoms with Crippen LogP contribution in [0.4, 0.5) is 0 Å². The monoisotopic (exact) mass is 253 g/mol. The third-order valence-electron chi connectivity index (χ3n) is 3.66. The van der Waals surface area contributed by atoms with Crippen molar-refractivity contribution in [2.75, 3.05) is 26.7 Å². The number of likely N-dealkylation sites (tertiary alicyclic amines) is 1. The first kappa shape index (κ1) is 13.0. The molecule has 1 aromatic rings. The second-order valence-corrected chi connectivity index (χ2v) is 6.09. The van der Waals surface area contributed by atoms with Gasteiger partial charge < -0.3 is 5.32 Å². The third-order valence-corrected chi connectivity index (χ3v) is 4.45. The van der Waals surface area contributed by atoms with Crippen molar-refractivity contribution in [3.05, 3.63) is 16.1 Å². The minimum atomic E-state index is 0.472. The molecule has 0 bridgehead atoms. The highest BCUT2D eigenvalue weighted by Crippen LogP contribution is 2.27. The number of piperidine rings is 1. The van der Waals surface area contributed by atoms with Crippen LogP contribution in [-0.4, -0.2) is 36.6 Å². The van der Waals surface area contributed by atoms with E-state index in [9.17, 15) is 0 Å². The van der Waals surface area contributed by atoms with Crippen molar-refractivity contribution in [1.82, 2.24) is 15.2 Å². The van der Waals surface area contributed by atoms with Gasteiger partial charge >= 0.3 is 0 Å². The molecule has 2 atom stereocenters. The van der Waals surface area contributed by atoms with Crippen molar-refractivity contribution < 1.29 is 0 Å². The molecular formula is C13H23N3S. The van der Waals surface area contributed by atoms with Gasteiger partial charge in [-0.1, -0.05) is 0 Å². The molecule has 0 aromatic carbocycles. The molecule has 1 N–H and O–H groups in total. The predicted octanol–water partition coefficient (Wildman–Crippen LogP) is 2.44. The summed E-state index contributed by atoms with van der Waals surface area (Å²) in [7, 11) is 2.05. The molecule has 96 valence electrons. The summed E-state index contributed by atoms with van der Waals surface area (Å²) in [5.74, 6) is 0.802. The van der Waals surface area contributed by atoms with Crippen LogP contribution in [0.3, 0.4) is 0 Å². The van der Waals surface area contributed by atoms with Crippen LogP contribution >= 0.6 is 11.3 Å². The van der Waals surface area contributed by atoms with Gasteiger partial charge in [0.15, 0.2) is 0 Å². The zero-order chi connectivity index (χ0) is 12.3. The van der Waals surface area contributed by atoms with E-state index in [4.69, 9.17) is 0 Å². The summed E-state index contributed by atoms with van der Waals surface area (Å²) in [4.78, 5) is 7.20. The Morgan fingerprint density at radius 3 is 3.12 bits per heavy atom. The highest BCUT2D eigenvalue weighted by molar-refractivity contribution is 7.09. The molecule has 1 aromatic heterocycles. The highest BCUT2D eigenvalue weighted by Gasteiger charge is 2.24. The fraction of sp³-hybridized carbons (Fsp3) is 0.769. The Morgan fingerprint density at radius 2 is 2.47 bits per heavy atom. The predicted molar refractivity (Wildman–Crippen MR) is 73.5 cm³/mol. The van der Waals surface area contributed by atoms with Crippen LogP contribution in [0.15, 0.2) is 5.38 Å². The van der Waals surface area contributed by atoms with E-state index < -0.39 is 0 Å². The van der Waals surface area contributed by atoms with Crippen molar-refractivity contribution in [3.8, 4) is 0 Å². The summed E-state index contributed by atoms with van der Waals surface area (Å²) in [6, 6.07) is 0.472. The molecular weight excluding hydrogens is 230 g/mol. The average Bonchev–Trinajstić information content (AvgIpc) is 2.76. The number of nitrogens with one attached hydrogen (secondary N) is 1. The number of thiazole rings is 1. The topological polar surface area (TPSA) is 28.2 Å². The second-order valence-electron chi connectivity index (χ2n) is 5.03. The van der Waals surface area contributed by atoms with E-state index in [1.54, 1.807) is 11.3 Å². The van der Waals surface area contributed by atoms with Crippen LogP contribution in [0.2, 0.25) is 0 Å². The summed E-state index contributed by atoms with van der Waals surface area (Å²) < 4.78 is 0. The lowest BCUT2D eigenvalue weighted by Crippen LogP contribution is -2.40. The van der Waals surface area contributed by atoms with E-state index in [2.05, 4.69) is 34.4 Å². The molecule has 0 aliphatic carbocycles. The summed E-state index contributed by atoms with van der Waals surface area (Å²) >= 11 is 1.76. The van der Waals surface area contributed by atoms with Crippen LogP contribution in [0, 0.1) is 12.8 Å². The van der Waals surface area contributed by atoms with Crippen molar-refractivity contribution in [1.29, 1.82) is 0 Å². The van der Waals surface area contributed by atoms with Crippen molar-refractivity contribution >= 4 is 11.3 Å². The fourth-order valence-electron chi connectivity index (χ4n) is 2.66. The molecule has 3 nitrogen and oxygen atoms in total. The van der Waals surface area contributed by atoms with Gasteiger partial charge in [-0.2, -0.15) is 0 Å². The Balaban J connectivity index is 1.97. The number of hydrogen-bond donors (Lipinski definition) is 1. The molecule has 0 radical (unpaired) electrons. The maximum absolute atomic E-state index is 4.62. The zero-order valence-electron chi connectivity index (χ0n) is 11.1. The SMILES string of the molecule is CNCC1CCCN(C(C)c2csc(C)n2)C1. The van der Waals surface area contributed by atoms with E-state index in [-0.39, 0.29) is 0 Å². The average molecular weight is 253 g/mol. The molecule has 17 heavy (non-hydrogen) atoms. The molecule has 2 heterocycles. The van der Waals surface area contributed by atoms with Gasteiger partial charge in [0.1, 0.15) is 0 Å². The molecule has 1 fully saturated rings. The zero-order valence-corrected chi connectivity index (χ0v) is 11.9. The molecule has 2 rings (SSSR count). The molecule has 1 saturated heterocycles. The van der Waals surface area contributed by atoms with Crippen molar-refractivity contribution in [3.63, 3.8) is 0 Å². The minimum Gasteiger partial charge on any atom is -0.319 e. The van der Waals surface area contributed by atoms with Crippen molar-refractivity contribution in [2.45, 2.75) is 32.7 Å². The molecule has 1 aliphatic rings. The van der Waals surface area contributed by atoms with Gasteiger partial charge in [0.25, 0.3) is 0 Å². The van der Waals surface area contributed by atoms with Crippen LogP contribution in [0.25, 0.3) is 0 Å². The van der Waals surface area contributed by atoms with Crippen molar-refractivity contribution in [2.24, 2.45) is 5.92 Å². The second kappa shape index (κ2) is 5.94. The summed E-state index contributed by atoms with van der Waals surface area (Å²) in [5, 5.41) is 6.69. The van der Waals surface area contributed by atoms with Crippen LogP contribution in [0.5, 0.6) is 0 Å². The maximum atomic E-state index is 4.62. The van der Waals surface area contributed by atoms with Crippen LogP contribution in [0.1, 0.15) is 36.5 Å². The van der Waals surface area contributed by atoms with Crippen LogP contribution in [-0.2, 0) is 0 Å². The Labute approximate surface area is 108 Å². The van der Waals surface area contributed by atoms with E-state index >= 15 is 0 Å². The standard InChI is InChI=1S/C13H23N3S/c1-10(13-9-17-11(2)15-13)16-6-4-5-12(8-16)7-14-3/h9-10,12,14H,4-8H2,1-3H3. The normalized spacial score (nSPS) is 23.8. The number of hydrogen-bond acceptors (Lipinski definition) is 4. The van der Waals surface area contributed by atoms with E-state index in [0.29, 0.717) is 6.04 Å². The molecule has 0 amide bonds. The number of aromatic nitrogens is 1. The maximum Gasteiger partial charge on any atom is 0.0898 e. The van der Waals surface area contributed by atoms with Gasteiger partial charge in [0, 0.05) is 11.9 Å². The first-order valence-corrected chi connectivity index (χ1v) is 7.39. The molecule has 4 heteroatoms. The number of rotatable bonds is 4. The smallest absolute Gasteiger partial charge is 0.0898 e. The highest BCUT2D eigenvalue weighted by atomic mass is 32.1. The van der Waals surface area contributed by atoms with Gasteiger partial charge in [-0.05, 0) is 52.7 Å². The van der Waals surface area contributed by atoms with Crippen LogP contribution < -0.4 is 5.32 Å². The Hall–Kier alpha value is -0.450. The van der Waals surface area contributed by atoms with Gasteiger partial charge in [0.05, 0.1) is 16.7 Å². The molecule has 1 aliphatic heterocycles. The first-order valence-electron chi connectivity index (χ1n) is 6.51. The number of aryl methyl sites for hydroxylation is 1. The lowest BCUT2D eigenvalue weighted by molar-refractivity contribution is 0.129. The summed E-state index contributed by atoms with van der Waals surface area (Å²) in [5.41, 5.74) is 1.25. The van der Waals surface area contributed by atoms with E-state index in [1.807, 2.05) is 7.05 Å². The van der Waals surface area contributed by atoms with Gasteiger partial charge in [0.2, 0.25) is 0 Å². The summed E-state index contributed by atoms with van der Waals surface area (Å²) in [6.45, 7) is 7.94. The molecule has 2 unspecified atom stereocenters. The first-order chi connectivity index (χ1) is 8.20. The van der Waals surface area contributed by atoms with E-state index in [0.717, 1.165) is 12.5 Å². The quantitative estimate of drug-likeness (QED) is 0.893.